The van der Waals surface area contributed by atoms with E-state index in [4.69, 9.17) is 9.47 Å². The van der Waals surface area contributed by atoms with Crippen molar-refractivity contribution in [2.45, 2.75) is 117 Å². The average Bonchev–Trinajstić information content (AvgIpc) is 3.59. The molecule has 0 unspecified atom stereocenters. The molecule has 0 spiro atoms. The van der Waals surface area contributed by atoms with Crippen molar-refractivity contribution in [3.05, 3.63) is 38.8 Å². The van der Waals surface area contributed by atoms with Crippen LogP contribution in [0.1, 0.15) is 130 Å². The van der Waals surface area contributed by atoms with Crippen molar-refractivity contribution < 1.29 is 47.0 Å². The van der Waals surface area contributed by atoms with Crippen molar-refractivity contribution in [2.24, 2.45) is 0 Å². The van der Waals surface area contributed by atoms with Gasteiger partial charge in [0.05, 0.1) is 19.0 Å². The average molecular weight is 886 g/mol. The van der Waals surface area contributed by atoms with E-state index in [2.05, 4.69) is 65.1 Å². The Hall–Kier alpha value is 1.84. The molecule has 2 aromatic heterocycles. The van der Waals surface area contributed by atoms with Gasteiger partial charge in [0.25, 0.3) is 0 Å². The molecule has 3 rings (SSSR count). The first-order valence-corrected chi connectivity index (χ1v) is 17.1. The Morgan fingerprint density at radius 2 is 1.24 bits per heavy atom. The van der Waals surface area contributed by atoms with E-state index in [0.29, 0.717) is 0 Å². The zero-order chi connectivity index (χ0) is 25.3. The summed E-state index contributed by atoms with van der Waals surface area (Å²) in [5.74, 6) is 0. The van der Waals surface area contributed by atoms with E-state index >= 15 is 0 Å². The first kappa shape index (κ1) is 42.0. The fourth-order valence-corrected chi connectivity index (χ4v) is 8.26. The summed E-state index contributed by atoms with van der Waals surface area (Å²) in [7, 11) is 0. The number of aldehydes is 1. The van der Waals surface area contributed by atoms with Crippen molar-refractivity contribution in [2.75, 3.05) is 13.2 Å². The van der Waals surface area contributed by atoms with Gasteiger partial charge in [0, 0.05) is 53.6 Å². The van der Waals surface area contributed by atoms with Gasteiger partial charge in [0.1, 0.15) is 0 Å². The molecule has 0 amide bonds. The minimum absolute atomic E-state index is 0. The number of carbonyl (C=O) groups excluding carboxylic acids is 1. The molecule has 0 bridgehead atoms. The molecule has 1 fully saturated rings. The molecular weight excluding hydrogens is 839 g/mol. The number of unbranched alkanes of at least 4 members (excludes halogenated alkanes) is 10. The number of rotatable bonds is 16. The summed E-state index contributed by atoms with van der Waals surface area (Å²) >= 11 is 8.32. The summed E-state index contributed by atoms with van der Waals surface area (Å²) in [4.78, 5) is 13.5. The molecule has 0 aliphatic carbocycles. The predicted octanol–water partition coefficient (Wildman–Crippen LogP) is 11.4. The van der Waals surface area contributed by atoms with Gasteiger partial charge in [-0.05, 0) is 83.0 Å². The van der Waals surface area contributed by atoms with E-state index in [1.165, 1.54) is 102 Å². The molecule has 38 heavy (non-hydrogen) atoms. The van der Waals surface area contributed by atoms with Crippen LogP contribution in [0.25, 0.3) is 0 Å². The Morgan fingerprint density at radius 3 is 1.71 bits per heavy atom. The molecule has 1 saturated heterocycles. The first-order chi connectivity index (χ1) is 17.1. The fourth-order valence-electron chi connectivity index (χ4n) is 4.05. The second-order valence-electron chi connectivity index (χ2n) is 9.11. The normalized spacial score (nSPS) is 12.6. The topological polar surface area (TPSA) is 35.5 Å². The summed E-state index contributed by atoms with van der Waals surface area (Å²) in [6.07, 6.45) is 19.4. The van der Waals surface area contributed by atoms with E-state index in [9.17, 15) is 4.79 Å². The molecule has 0 aromatic carbocycles. The van der Waals surface area contributed by atoms with Gasteiger partial charge < -0.3 is 9.47 Å². The third-order valence-electron chi connectivity index (χ3n) is 6.08. The Labute approximate surface area is 299 Å². The SMILES string of the molecule is C.CCCCCCCCc1cc(C2OCCO2)c(I)s1.CCCCCCCCc1cc(C=O)c(I)s1.Cl.[Y]. The minimum Gasteiger partial charge on any atom is -0.346 e. The summed E-state index contributed by atoms with van der Waals surface area (Å²) in [6.45, 7) is 5.96. The van der Waals surface area contributed by atoms with Crippen LogP contribution >= 0.6 is 80.3 Å². The summed E-state index contributed by atoms with van der Waals surface area (Å²) in [5, 5.41) is 0. The van der Waals surface area contributed by atoms with Gasteiger partial charge in [-0.1, -0.05) is 85.5 Å². The zero-order valence-electron chi connectivity index (χ0n) is 22.4. The van der Waals surface area contributed by atoms with E-state index in [0.717, 1.165) is 34.4 Å². The van der Waals surface area contributed by atoms with Crippen molar-refractivity contribution >= 4 is 86.5 Å². The quantitative estimate of drug-likeness (QED) is 0.0957. The maximum atomic E-state index is 10.7. The van der Waals surface area contributed by atoms with Gasteiger partial charge in [-0.25, -0.2) is 0 Å². The van der Waals surface area contributed by atoms with Gasteiger partial charge in [0.15, 0.2) is 12.6 Å². The Balaban J connectivity index is 0. The van der Waals surface area contributed by atoms with Gasteiger partial charge in [-0.15, -0.1) is 35.1 Å². The van der Waals surface area contributed by atoms with Crippen LogP contribution in [0.15, 0.2) is 12.1 Å². The third kappa shape index (κ3) is 17.1. The summed E-state index contributed by atoms with van der Waals surface area (Å²) in [5.41, 5.74) is 2.11. The number of halogens is 3. The Morgan fingerprint density at radius 1 is 0.789 bits per heavy atom. The van der Waals surface area contributed by atoms with E-state index in [-0.39, 0.29) is 58.8 Å². The molecule has 1 radical (unpaired) electrons. The maximum Gasteiger partial charge on any atom is 0.185 e. The number of thiophene rings is 2. The monoisotopic (exact) mass is 885 g/mol. The van der Waals surface area contributed by atoms with Gasteiger partial charge >= 0.3 is 0 Å². The molecule has 0 saturated carbocycles. The van der Waals surface area contributed by atoms with Crippen molar-refractivity contribution in [1.82, 2.24) is 0 Å². The van der Waals surface area contributed by atoms with Crippen LogP contribution in [-0.4, -0.2) is 19.5 Å². The first-order valence-electron chi connectivity index (χ1n) is 13.3. The summed E-state index contributed by atoms with van der Waals surface area (Å²) in [6, 6.07) is 4.33. The largest absolute Gasteiger partial charge is 0.346 e. The number of hydrogen-bond donors (Lipinski definition) is 0. The van der Waals surface area contributed by atoms with Crippen LogP contribution in [0.4, 0.5) is 0 Å². The fraction of sp³-hybridized carbons (Fsp3) is 0.690. The molecule has 9 heteroatoms. The maximum absolute atomic E-state index is 10.7. The van der Waals surface area contributed by atoms with Gasteiger partial charge in [-0.3, -0.25) is 4.79 Å². The molecule has 0 N–H and O–H groups in total. The molecule has 1 aliphatic rings. The standard InChI is InChI=1S/C15H23IO2S.C13H19IOS.CH4.ClH.Y/c1-2-3-4-5-6-7-8-12-11-13(14(16)19-12)15-17-9-10-18-15;1-2-3-4-5-6-7-8-12-9-11(10-15)13(14)16-12;;;/h11,15H,2-10H2,1H3;9-10H,2-8H2,1H3;1H4;1H;. The summed E-state index contributed by atoms with van der Waals surface area (Å²) < 4.78 is 13.6. The number of aryl methyl sites for hydroxylation is 2. The number of carbonyl (C=O) groups is 1. The molecule has 3 heterocycles. The molecule has 1 aliphatic heterocycles. The Bertz CT molecular complexity index is 842. The molecule has 3 nitrogen and oxygen atoms in total. The Kier molecular flexibility index (Phi) is 29.2. The van der Waals surface area contributed by atoms with E-state index in [1.54, 1.807) is 11.3 Å². The van der Waals surface area contributed by atoms with Crippen LogP contribution in [0.5, 0.6) is 0 Å². The van der Waals surface area contributed by atoms with Crippen molar-refractivity contribution in [1.29, 1.82) is 0 Å². The second kappa shape index (κ2) is 26.5. The van der Waals surface area contributed by atoms with Crippen LogP contribution in [0, 0.1) is 5.77 Å². The molecule has 2 aromatic rings. The smallest absolute Gasteiger partial charge is 0.185 e. The van der Waals surface area contributed by atoms with Crippen molar-refractivity contribution in [3.8, 4) is 0 Å². The molecular formula is C29H47ClI2O3S2Y. The third-order valence-corrected chi connectivity index (χ3v) is 10.6. The van der Waals surface area contributed by atoms with Crippen LogP contribution in [0.3, 0.4) is 0 Å². The van der Waals surface area contributed by atoms with E-state index in [1.807, 2.05) is 17.4 Å². The van der Waals surface area contributed by atoms with Crippen molar-refractivity contribution in [3.63, 3.8) is 0 Å². The predicted molar refractivity (Wildman–Crippen MR) is 182 cm³/mol. The number of ether oxygens (including phenoxy) is 2. The van der Waals surface area contributed by atoms with Crippen LogP contribution in [-0.2, 0) is 55.0 Å². The van der Waals surface area contributed by atoms with E-state index < -0.39 is 0 Å². The van der Waals surface area contributed by atoms with Crippen LogP contribution < -0.4 is 0 Å². The zero-order valence-corrected chi connectivity index (χ0v) is 32.0. The molecule has 0 atom stereocenters. The van der Waals surface area contributed by atoms with Gasteiger partial charge in [0.2, 0.25) is 0 Å². The second-order valence-corrected chi connectivity index (χ2v) is 15.0. The minimum atomic E-state index is -0.110. The van der Waals surface area contributed by atoms with Crippen LogP contribution in [0.2, 0.25) is 0 Å². The number of hydrogen-bond acceptors (Lipinski definition) is 5. The molecule has 217 valence electrons. The van der Waals surface area contributed by atoms with Gasteiger partial charge in [-0.2, -0.15) is 0 Å².